The van der Waals surface area contributed by atoms with Crippen molar-refractivity contribution in [3.8, 4) is 0 Å². The first-order valence-electron chi connectivity index (χ1n) is 8.77. The number of ether oxygens (including phenoxy) is 2. The van der Waals surface area contributed by atoms with Crippen molar-refractivity contribution in [1.29, 1.82) is 0 Å². The van der Waals surface area contributed by atoms with Crippen LogP contribution in [0.4, 0.5) is 0 Å². The molecule has 0 aromatic carbocycles. The van der Waals surface area contributed by atoms with Gasteiger partial charge >= 0.3 is 0 Å². The number of aliphatic hydroxyl groups is 1. The van der Waals surface area contributed by atoms with Crippen LogP contribution in [0.25, 0.3) is 0 Å². The van der Waals surface area contributed by atoms with Crippen LogP contribution in [0.5, 0.6) is 0 Å². The number of nitrogens with zero attached hydrogens (tertiary/aromatic N) is 4. The minimum absolute atomic E-state index is 0.119. The molecular formula is C15H28I2N4O3. The molecule has 0 bridgehead atoms. The van der Waals surface area contributed by atoms with Gasteiger partial charge in [0.2, 0.25) is 0 Å². The van der Waals surface area contributed by atoms with E-state index in [0.29, 0.717) is 12.6 Å². The molecule has 9 heteroatoms. The van der Waals surface area contributed by atoms with Crippen molar-refractivity contribution in [1.82, 2.24) is 16.0 Å². The average Bonchev–Trinajstić information content (AvgIpc) is 2.57. The summed E-state index contributed by atoms with van der Waals surface area (Å²) >= 11 is 4.77. The molecule has 3 saturated heterocycles. The van der Waals surface area contributed by atoms with E-state index in [1.807, 2.05) is 0 Å². The summed E-state index contributed by atoms with van der Waals surface area (Å²) in [4.78, 5) is 4.91. The van der Waals surface area contributed by atoms with Gasteiger partial charge in [0, 0.05) is 117 Å². The minimum atomic E-state index is -0.119. The van der Waals surface area contributed by atoms with Crippen molar-refractivity contribution < 1.29 is 14.6 Å². The van der Waals surface area contributed by atoms with Gasteiger partial charge in [-0.2, -0.15) is 0 Å². The van der Waals surface area contributed by atoms with Crippen LogP contribution in [-0.2, 0) is 9.47 Å². The Morgan fingerprint density at radius 2 is 1.62 bits per heavy atom. The van der Waals surface area contributed by atoms with Gasteiger partial charge in [0.15, 0.2) is 6.29 Å². The molecular weight excluding hydrogens is 538 g/mol. The van der Waals surface area contributed by atoms with E-state index in [1.165, 1.54) is 0 Å². The van der Waals surface area contributed by atoms with E-state index < -0.39 is 0 Å². The molecule has 0 radical (unpaired) electrons. The second-order valence-electron chi connectivity index (χ2n) is 6.81. The SMILES string of the molecule is OCC(COC1OCC1N1CCN(I)CC1)CN1CCN(I)CC1. The molecule has 0 aliphatic carbocycles. The van der Waals surface area contributed by atoms with Gasteiger partial charge in [0.05, 0.1) is 19.3 Å². The maximum absolute atomic E-state index is 9.68. The van der Waals surface area contributed by atoms with Crippen LogP contribution in [0, 0.1) is 5.92 Å². The van der Waals surface area contributed by atoms with E-state index in [2.05, 4.69) is 61.8 Å². The van der Waals surface area contributed by atoms with Crippen molar-refractivity contribution in [2.45, 2.75) is 12.3 Å². The van der Waals surface area contributed by atoms with Crippen LogP contribution in [0.15, 0.2) is 0 Å². The van der Waals surface area contributed by atoms with E-state index >= 15 is 0 Å². The highest BCUT2D eigenvalue weighted by atomic mass is 127. The first-order valence-corrected chi connectivity index (χ1v) is 10.7. The van der Waals surface area contributed by atoms with Crippen LogP contribution in [-0.4, -0.2) is 112 Å². The topological polar surface area (TPSA) is 51.7 Å². The third-order valence-electron chi connectivity index (χ3n) is 5.06. The normalized spacial score (nSPS) is 32.6. The quantitative estimate of drug-likeness (QED) is 0.351. The van der Waals surface area contributed by atoms with Crippen LogP contribution in [0.2, 0.25) is 0 Å². The summed E-state index contributed by atoms with van der Waals surface area (Å²) in [5.74, 6) is 0.168. The van der Waals surface area contributed by atoms with E-state index in [-0.39, 0.29) is 18.8 Å². The lowest BCUT2D eigenvalue weighted by molar-refractivity contribution is -0.268. The lowest BCUT2D eigenvalue weighted by Crippen LogP contribution is -2.61. The molecule has 3 rings (SSSR count). The number of rotatable bonds is 7. The standard InChI is InChI=1S/C15H28I2N4O3/c16-20-5-1-18(2-6-20)9-13(10-22)11-23-15-14(12-24-15)19-3-7-21(17)8-4-19/h13-15,22H,1-12H2. The fourth-order valence-electron chi connectivity index (χ4n) is 3.39. The fourth-order valence-corrected chi connectivity index (χ4v) is 4.25. The van der Waals surface area contributed by atoms with E-state index in [4.69, 9.17) is 9.47 Å². The van der Waals surface area contributed by atoms with E-state index in [1.54, 1.807) is 0 Å². The lowest BCUT2D eigenvalue weighted by Gasteiger charge is -2.46. The van der Waals surface area contributed by atoms with Crippen molar-refractivity contribution >= 4 is 45.7 Å². The van der Waals surface area contributed by atoms with Crippen molar-refractivity contribution in [3.63, 3.8) is 0 Å². The first kappa shape index (κ1) is 19.9. The molecule has 0 aromatic heterocycles. The summed E-state index contributed by atoms with van der Waals surface area (Å²) in [6.45, 7) is 11.1. The molecule has 24 heavy (non-hydrogen) atoms. The molecule has 3 atom stereocenters. The molecule has 140 valence electrons. The zero-order valence-electron chi connectivity index (χ0n) is 14.0. The summed E-state index contributed by atoms with van der Waals surface area (Å²) in [6, 6.07) is 0.386. The smallest absolute Gasteiger partial charge is 0.175 e. The van der Waals surface area contributed by atoms with Crippen LogP contribution < -0.4 is 0 Å². The van der Waals surface area contributed by atoms with Gasteiger partial charge < -0.3 is 19.5 Å². The van der Waals surface area contributed by atoms with E-state index in [9.17, 15) is 5.11 Å². The van der Waals surface area contributed by atoms with Crippen molar-refractivity contribution in [3.05, 3.63) is 0 Å². The average molecular weight is 566 g/mol. The summed E-state index contributed by atoms with van der Waals surface area (Å²) in [5, 5.41) is 9.68. The Labute approximate surface area is 172 Å². The summed E-state index contributed by atoms with van der Waals surface area (Å²) in [6.07, 6.45) is -0.119. The molecule has 0 aromatic rings. The highest BCUT2D eigenvalue weighted by Gasteiger charge is 2.39. The second kappa shape index (κ2) is 9.93. The number of hydrogen-bond donors (Lipinski definition) is 1. The number of halogens is 2. The molecule has 3 aliphatic rings. The zero-order valence-corrected chi connectivity index (χ0v) is 18.3. The monoisotopic (exact) mass is 566 g/mol. The molecule has 1 N–H and O–H groups in total. The highest BCUT2D eigenvalue weighted by Crippen LogP contribution is 2.23. The van der Waals surface area contributed by atoms with Crippen LogP contribution in [0.1, 0.15) is 0 Å². The van der Waals surface area contributed by atoms with Crippen molar-refractivity contribution in [2.24, 2.45) is 5.92 Å². The van der Waals surface area contributed by atoms with Gasteiger partial charge in [0.1, 0.15) is 0 Å². The van der Waals surface area contributed by atoms with Crippen LogP contribution in [0.3, 0.4) is 0 Å². The lowest BCUT2D eigenvalue weighted by atomic mass is 10.1. The maximum atomic E-state index is 9.68. The van der Waals surface area contributed by atoms with Gasteiger partial charge in [-0.3, -0.25) is 4.90 Å². The zero-order chi connectivity index (χ0) is 16.9. The van der Waals surface area contributed by atoms with Gasteiger partial charge in [-0.15, -0.1) is 0 Å². The number of piperazine rings is 2. The minimum Gasteiger partial charge on any atom is -0.396 e. The molecule has 3 fully saturated rings. The molecule has 3 unspecified atom stereocenters. The Morgan fingerprint density at radius 1 is 1.00 bits per heavy atom. The third-order valence-corrected chi connectivity index (χ3v) is 6.99. The maximum Gasteiger partial charge on any atom is 0.175 e. The van der Waals surface area contributed by atoms with Gasteiger partial charge in [-0.25, -0.2) is 6.23 Å². The number of hydrogen-bond acceptors (Lipinski definition) is 7. The Morgan fingerprint density at radius 3 is 2.17 bits per heavy atom. The molecule has 3 heterocycles. The second-order valence-corrected chi connectivity index (χ2v) is 9.54. The van der Waals surface area contributed by atoms with Crippen LogP contribution >= 0.6 is 45.7 Å². The third kappa shape index (κ3) is 5.59. The molecule has 7 nitrogen and oxygen atoms in total. The fraction of sp³-hybridized carbons (Fsp3) is 1.00. The predicted octanol–water partition coefficient (Wildman–Crippen LogP) is 0.272. The Bertz CT molecular complexity index is 376. The Hall–Kier alpha value is 1.18. The Balaban J connectivity index is 1.37. The van der Waals surface area contributed by atoms with E-state index in [0.717, 1.165) is 65.5 Å². The predicted molar refractivity (Wildman–Crippen MR) is 109 cm³/mol. The summed E-state index contributed by atoms with van der Waals surface area (Å²) in [5.41, 5.74) is 0. The number of aliphatic hydroxyl groups excluding tert-OH is 1. The van der Waals surface area contributed by atoms with Gasteiger partial charge in [-0.05, 0) is 0 Å². The first-order chi connectivity index (χ1) is 11.7. The largest absolute Gasteiger partial charge is 0.396 e. The van der Waals surface area contributed by atoms with Gasteiger partial charge in [-0.1, -0.05) is 0 Å². The summed E-state index contributed by atoms with van der Waals surface area (Å²) in [7, 11) is 0. The highest BCUT2D eigenvalue weighted by molar-refractivity contribution is 14.1. The molecule has 0 spiro atoms. The Kier molecular flexibility index (Phi) is 8.24. The van der Waals surface area contributed by atoms with Gasteiger partial charge in [0.25, 0.3) is 0 Å². The molecule has 0 amide bonds. The molecule has 3 aliphatic heterocycles. The molecule has 0 saturated carbocycles. The van der Waals surface area contributed by atoms with Crippen molar-refractivity contribution in [2.75, 3.05) is 78.7 Å². The summed E-state index contributed by atoms with van der Waals surface area (Å²) < 4.78 is 16.3.